The minimum absolute atomic E-state index is 0.217. The summed E-state index contributed by atoms with van der Waals surface area (Å²) in [6.45, 7) is 11.0. The maximum absolute atomic E-state index is 5.35. The van der Waals surface area contributed by atoms with Gasteiger partial charge in [-0.3, -0.25) is 0 Å². The van der Waals surface area contributed by atoms with Crippen LogP contribution >= 0.6 is 0 Å². The summed E-state index contributed by atoms with van der Waals surface area (Å²) in [7, 11) is 1.71. The smallest absolute Gasteiger partial charge is 0.223 e. The zero-order valence-corrected chi connectivity index (χ0v) is 11.7. The Morgan fingerprint density at radius 3 is 2.53 bits per heavy atom. The van der Waals surface area contributed by atoms with Crippen LogP contribution in [0.1, 0.15) is 45.0 Å². The van der Waals surface area contributed by atoms with Crippen molar-refractivity contribution in [3.8, 4) is 0 Å². The summed E-state index contributed by atoms with van der Waals surface area (Å²) >= 11 is 0. The maximum Gasteiger partial charge on any atom is 0.223 e. The molecule has 4 nitrogen and oxygen atoms in total. The lowest BCUT2D eigenvalue weighted by Gasteiger charge is -2.23. The molecule has 0 aliphatic carbocycles. The third-order valence-corrected chi connectivity index (χ3v) is 2.69. The van der Waals surface area contributed by atoms with Gasteiger partial charge in [0, 0.05) is 25.0 Å². The van der Waals surface area contributed by atoms with E-state index in [1.54, 1.807) is 7.11 Å². The Morgan fingerprint density at radius 1 is 1.35 bits per heavy atom. The van der Waals surface area contributed by atoms with Crippen molar-refractivity contribution in [2.45, 2.75) is 46.1 Å². The molecular formula is C13H23N3O. The fourth-order valence-electron chi connectivity index (χ4n) is 1.33. The molecule has 0 unspecified atom stereocenters. The summed E-state index contributed by atoms with van der Waals surface area (Å²) in [6, 6.07) is 2.03. The minimum atomic E-state index is -0.217. The van der Waals surface area contributed by atoms with Gasteiger partial charge in [0.1, 0.15) is 0 Å². The van der Waals surface area contributed by atoms with E-state index >= 15 is 0 Å². The molecule has 1 aromatic rings. The van der Waals surface area contributed by atoms with Crippen molar-refractivity contribution in [3.05, 3.63) is 17.5 Å². The lowest BCUT2D eigenvalue weighted by Crippen LogP contribution is -2.32. The number of hydrogen-bond acceptors (Lipinski definition) is 4. The van der Waals surface area contributed by atoms with E-state index in [0.29, 0.717) is 18.4 Å². The van der Waals surface area contributed by atoms with Crippen molar-refractivity contribution >= 4 is 5.95 Å². The molecule has 1 N–H and O–H groups in total. The average Bonchev–Trinajstić information content (AvgIpc) is 2.26. The van der Waals surface area contributed by atoms with Crippen LogP contribution in [-0.2, 0) is 4.74 Å². The van der Waals surface area contributed by atoms with Gasteiger partial charge < -0.3 is 10.1 Å². The third-order valence-electron chi connectivity index (χ3n) is 2.69. The Labute approximate surface area is 104 Å². The number of aromatic nitrogens is 2. The molecule has 0 radical (unpaired) electrons. The van der Waals surface area contributed by atoms with Crippen molar-refractivity contribution in [2.75, 3.05) is 19.0 Å². The second-order valence-corrected chi connectivity index (χ2v) is 5.23. The maximum atomic E-state index is 5.35. The topological polar surface area (TPSA) is 47.0 Å². The first-order valence-electron chi connectivity index (χ1n) is 5.98. The highest BCUT2D eigenvalue weighted by Crippen LogP contribution is 2.15. The first-order valence-corrected chi connectivity index (χ1v) is 5.98. The summed E-state index contributed by atoms with van der Waals surface area (Å²) in [4.78, 5) is 8.87. The number of hydrogen-bond donors (Lipinski definition) is 1. The first-order chi connectivity index (χ1) is 7.84. The standard InChI is InChI=1S/C13H23N3O/c1-9(2)11-7-10(3)15-12(16-11)14-8-13(4,5)17-6/h7,9H,8H2,1-6H3,(H,14,15,16). The van der Waals surface area contributed by atoms with Crippen LogP contribution in [0.5, 0.6) is 0 Å². The van der Waals surface area contributed by atoms with E-state index in [2.05, 4.69) is 29.1 Å². The zero-order chi connectivity index (χ0) is 13.1. The van der Waals surface area contributed by atoms with Crippen LogP contribution in [0.25, 0.3) is 0 Å². The van der Waals surface area contributed by atoms with Gasteiger partial charge in [-0.2, -0.15) is 0 Å². The SMILES string of the molecule is COC(C)(C)CNc1nc(C)cc(C(C)C)n1. The highest BCUT2D eigenvalue weighted by Gasteiger charge is 2.16. The molecule has 0 bridgehead atoms. The quantitative estimate of drug-likeness (QED) is 0.855. The average molecular weight is 237 g/mol. The molecule has 0 fully saturated rings. The molecule has 0 aromatic carbocycles. The van der Waals surface area contributed by atoms with E-state index in [1.807, 2.05) is 26.8 Å². The number of rotatable bonds is 5. The molecule has 0 atom stereocenters. The number of methoxy groups -OCH3 is 1. The fourth-order valence-corrected chi connectivity index (χ4v) is 1.33. The molecule has 1 heterocycles. The van der Waals surface area contributed by atoms with Crippen LogP contribution in [0.2, 0.25) is 0 Å². The molecule has 0 amide bonds. The van der Waals surface area contributed by atoms with E-state index < -0.39 is 0 Å². The van der Waals surface area contributed by atoms with Crippen LogP contribution in [0.3, 0.4) is 0 Å². The van der Waals surface area contributed by atoms with Gasteiger partial charge in [-0.1, -0.05) is 13.8 Å². The normalized spacial score (nSPS) is 11.9. The Bertz CT molecular complexity index is 375. The molecule has 0 spiro atoms. The van der Waals surface area contributed by atoms with E-state index in [4.69, 9.17) is 4.74 Å². The molecule has 1 aromatic heterocycles. The lowest BCUT2D eigenvalue weighted by molar-refractivity contribution is 0.0342. The van der Waals surface area contributed by atoms with Crippen LogP contribution in [0.15, 0.2) is 6.07 Å². The van der Waals surface area contributed by atoms with Crippen molar-refractivity contribution in [3.63, 3.8) is 0 Å². The summed E-state index contributed by atoms with van der Waals surface area (Å²) in [5.41, 5.74) is 1.84. The van der Waals surface area contributed by atoms with Crippen molar-refractivity contribution in [2.24, 2.45) is 0 Å². The highest BCUT2D eigenvalue weighted by molar-refractivity contribution is 5.29. The van der Waals surface area contributed by atoms with Crippen LogP contribution < -0.4 is 5.32 Å². The lowest BCUT2D eigenvalue weighted by atomic mass is 10.1. The molecule has 17 heavy (non-hydrogen) atoms. The number of ether oxygens (including phenoxy) is 1. The van der Waals surface area contributed by atoms with Crippen LogP contribution in [0, 0.1) is 6.92 Å². The zero-order valence-electron chi connectivity index (χ0n) is 11.7. The molecule has 0 saturated heterocycles. The third kappa shape index (κ3) is 4.30. The molecule has 1 rings (SSSR count). The summed E-state index contributed by atoms with van der Waals surface area (Å²) in [5, 5.41) is 3.22. The molecule has 0 saturated carbocycles. The van der Waals surface area contributed by atoms with E-state index in [9.17, 15) is 0 Å². The summed E-state index contributed by atoms with van der Waals surface area (Å²) in [6.07, 6.45) is 0. The predicted molar refractivity (Wildman–Crippen MR) is 70.4 cm³/mol. The van der Waals surface area contributed by atoms with Gasteiger partial charge >= 0.3 is 0 Å². The molecule has 0 aliphatic rings. The van der Waals surface area contributed by atoms with Gasteiger partial charge in [-0.25, -0.2) is 9.97 Å². The van der Waals surface area contributed by atoms with Gasteiger partial charge in [0.25, 0.3) is 0 Å². The van der Waals surface area contributed by atoms with Gasteiger partial charge in [-0.05, 0) is 32.8 Å². The Hall–Kier alpha value is -1.16. The largest absolute Gasteiger partial charge is 0.377 e. The minimum Gasteiger partial charge on any atom is -0.377 e. The fraction of sp³-hybridized carbons (Fsp3) is 0.692. The van der Waals surface area contributed by atoms with Gasteiger partial charge in [0.05, 0.1) is 5.60 Å². The van der Waals surface area contributed by atoms with E-state index in [0.717, 1.165) is 11.4 Å². The van der Waals surface area contributed by atoms with Gasteiger partial charge in [-0.15, -0.1) is 0 Å². The molecule has 96 valence electrons. The van der Waals surface area contributed by atoms with Crippen molar-refractivity contribution < 1.29 is 4.74 Å². The molecular weight excluding hydrogens is 214 g/mol. The van der Waals surface area contributed by atoms with E-state index in [-0.39, 0.29) is 5.60 Å². The molecule has 0 aliphatic heterocycles. The number of nitrogens with zero attached hydrogens (tertiary/aromatic N) is 2. The number of aryl methyl sites for hydroxylation is 1. The predicted octanol–water partition coefficient (Wildman–Crippen LogP) is 2.75. The Morgan fingerprint density at radius 2 is 2.00 bits per heavy atom. The molecule has 4 heteroatoms. The summed E-state index contributed by atoms with van der Waals surface area (Å²) < 4.78 is 5.35. The highest BCUT2D eigenvalue weighted by atomic mass is 16.5. The Balaban J connectivity index is 2.78. The van der Waals surface area contributed by atoms with Gasteiger partial charge in [0.2, 0.25) is 5.95 Å². The van der Waals surface area contributed by atoms with Crippen LogP contribution in [0.4, 0.5) is 5.95 Å². The summed E-state index contributed by atoms with van der Waals surface area (Å²) in [5.74, 6) is 1.09. The van der Waals surface area contributed by atoms with Crippen LogP contribution in [-0.4, -0.2) is 29.2 Å². The second-order valence-electron chi connectivity index (χ2n) is 5.23. The Kier molecular flexibility index (Phi) is 4.46. The second kappa shape index (κ2) is 5.45. The monoisotopic (exact) mass is 237 g/mol. The first kappa shape index (κ1) is 13.9. The van der Waals surface area contributed by atoms with Gasteiger partial charge in [0.15, 0.2) is 0 Å². The van der Waals surface area contributed by atoms with Crippen molar-refractivity contribution in [1.82, 2.24) is 9.97 Å². The van der Waals surface area contributed by atoms with E-state index in [1.165, 1.54) is 0 Å². The number of anilines is 1. The van der Waals surface area contributed by atoms with Crippen molar-refractivity contribution in [1.29, 1.82) is 0 Å². The number of nitrogens with one attached hydrogen (secondary N) is 1.